The molecule has 0 bridgehead atoms. The smallest absolute Gasteiger partial charge is 0.408 e. The lowest BCUT2D eigenvalue weighted by Crippen LogP contribution is -2.37. The number of pyridine rings is 2. The second-order valence-electron chi connectivity index (χ2n) is 9.12. The predicted molar refractivity (Wildman–Crippen MR) is 140 cm³/mol. The van der Waals surface area contributed by atoms with Crippen molar-refractivity contribution in [2.75, 3.05) is 11.9 Å². The molecule has 0 atom stereocenters. The van der Waals surface area contributed by atoms with E-state index in [9.17, 15) is 14.0 Å². The molecule has 186 valence electrons. The number of anilines is 1. The van der Waals surface area contributed by atoms with Gasteiger partial charge in [-0.05, 0) is 90.3 Å². The van der Waals surface area contributed by atoms with E-state index in [0.717, 1.165) is 27.8 Å². The van der Waals surface area contributed by atoms with Crippen molar-refractivity contribution >= 4 is 44.8 Å². The van der Waals surface area contributed by atoms with E-state index < -0.39 is 17.6 Å². The van der Waals surface area contributed by atoms with Gasteiger partial charge in [-0.1, -0.05) is 0 Å². The molecule has 2 amide bonds. The third-order valence-electron chi connectivity index (χ3n) is 5.25. The maximum absolute atomic E-state index is 13.6. The fourth-order valence-electron chi connectivity index (χ4n) is 3.81. The molecular weight excluding hydrogens is 529 g/mol. The standard InChI is InChI=1S/C26H25BrFN5O3/c1-26(2,3)36-25(35)30-14-20(34)31-23-19(27)13-18-21(15-9-11-29-12-10-15)22(33(4)24(18)32-23)16-5-7-17(28)8-6-16/h5-13H,14H2,1-4H3,(H,30,35)(H,31,32,34). The minimum Gasteiger partial charge on any atom is -0.444 e. The van der Waals surface area contributed by atoms with Crippen molar-refractivity contribution in [3.8, 4) is 22.4 Å². The van der Waals surface area contributed by atoms with Gasteiger partial charge in [0.05, 0.1) is 10.2 Å². The molecule has 0 saturated heterocycles. The van der Waals surface area contributed by atoms with Crippen molar-refractivity contribution in [2.45, 2.75) is 26.4 Å². The number of hydrogen-bond donors (Lipinski definition) is 2. The molecule has 4 rings (SSSR count). The molecule has 0 aliphatic rings. The average molecular weight is 554 g/mol. The summed E-state index contributed by atoms with van der Waals surface area (Å²) >= 11 is 3.51. The first kappa shape index (κ1) is 25.3. The molecule has 10 heteroatoms. The van der Waals surface area contributed by atoms with Crippen LogP contribution in [-0.4, -0.2) is 38.7 Å². The number of rotatable bonds is 5. The predicted octanol–water partition coefficient (Wildman–Crippen LogP) is 5.67. The molecule has 0 saturated carbocycles. The number of benzene rings is 1. The average Bonchev–Trinajstić information content (AvgIpc) is 3.09. The number of hydrogen-bond acceptors (Lipinski definition) is 5. The lowest BCUT2D eigenvalue weighted by molar-refractivity contribution is -0.115. The van der Waals surface area contributed by atoms with Crippen molar-refractivity contribution < 1.29 is 18.7 Å². The van der Waals surface area contributed by atoms with Crippen LogP contribution >= 0.6 is 15.9 Å². The largest absolute Gasteiger partial charge is 0.444 e. The van der Waals surface area contributed by atoms with Crippen molar-refractivity contribution in [3.63, 3.8) is 0 Å². The molecule has 0 aliphatic carbocycles. The fraction of sp³-hybridized carbons (Fsp3) is 0.231. The van der Waals surface area contributed by atoms with Crippen molar-refractivity contribution in [3.05, 3.63) is 65.1 Å². The van der Waals surface area contributed by atoms with Crippen LogP contribution in [0.3, 0.4) is 0 Å². The summed E-state index contributed by atoms with van der Waals surface area (Å²) in [6.07, 6.45) is 2.72. The Balaban J connectivity index is 1.72. The minimum absolute atomic E-state index is 0.280. The third kappa shape index (κ3) is 5.54. The third-order valence-corrected chi connectivity index (χ3v) is 5.86. The highest BCUT2D eigenvalue weighted by molar-refractivity contribution is 9.10. The summed E-state index contributed by atoms with van der Waals surface area (Å²) in [5.74, 6) is -0.490. The monoisotopic (exact) mass is 553 g/mol. The van der Waals surface area contributed by atoms with Crippen molar-refractivity contribution in [1.29, 1.82) is 0 Å². The molecule has 0 radical (unpaired) electrons. The van der Waals surface area contributed by atoms with Crippen molar-refractivity contribution in [1.82, 2.24) is 19.9 Å². The summed E-state index contributed by atoms with van der Waals surface area (Å²) in [6, 6.07) is 11.9. The number of carbonyl (C=O) groups excluding carboxylic acids is 2. The Kier molecular flexibility index (Phi) is 7.07. The summed E-state index contributed by atoms with van der Waals surface area (Å²) in [4.78, 5) is 33.2. The molecule has 36 heavy (non-hydrogen) atoms. The van der Waals surface area contributed by atoms with Gasteiger partial charge in [0.1, 0.15) is 29.4 Å². The Morgan fingerprint density at radius 3 is 2.39 bits per heavy atom. The normalized spacial score (nSPS) is 11.4. The first-order chi connectivity index (χ1) is 17.0. The van der Waals surface area contributed by atoms with Gasteiger partial charge in [-0.15, -0.1) is 0 Å². The van der Waals surface area contributed by atoms with Crippen LogP contribution in [0.15, 0.2) is 59.3 Å². The lowest BCUT2D eigenvalue weighted by atomic mass is 9.99. The maximum atomic E-state index is 13.6. The van der Waals surface area contributed by atoms with E-state index in [1.165, 1.54) is 12.1 Å². The van der Waals surface area contributed by atoms with E-state index in [0.29, 0.717) is 15.9 Å². The zero-order valence-electron chi connectivity index (χ0n) is 20.2. The highest BCUT2D eigenvalue weighted by Crippen LogP contribution is 2.41. The van der Waals surface area contributed by atoms with Crippen LogP contribution in [0.25, 0.3) is 33.4 Å². The molecule has 3 heterocycles. The topological polar surface area (TPSA) is 98.1 Å². The Bertz CT molecular complexity index is 1430. The van der Waals surface area contributed by atoms with E-state index in [1.54, 1.807) is 45.3 Å². The van der Waals surface area contributed by atoms with E-state index in [4.69, 9.17) is 9.72 Å². The minimum atomic E-state index is -0.687. The van der Waals surface area contributed by atoms with Gasteiger partial charge in [0.25, 0.3) is 0 Å². The molecular formula is C26H25BrFN5O3. The van der Waals surface area contributed by atoms with Gasteiger partial charge in [-0.25, -0.2) is 14.2 Å². The number of fused-ring (bicyclic) bond motifs is 1. The maximum Gasteiger partial charge on any atom is 0.408 e. The number of aromatic nitrogens is 3. The number of amides is 2. The van der Waals surface area contributed by atoms with Crippen LogP contribution in [0.5, 0.6) is 0 Å². The van der Waals surface area contributed by atoms with Crippen molar-refractivity contribution in [2.24, 2.45) is 7.05 Å². The summed E-state index contributed by atoms with van der Waals surface area (Å²) in [7, 11) is 1.86. The Hall–Kier alpha value is -3.79. The molecule has 0 unspecified atom stereocenters. The van der Waals surface area contributed by atoms with Gasteiger partial charge < -0.3 is 19.9 Å². The quantitative estimate of drug-likeness (QED) is 0.332. The highest BCUT2D eigenvalue weighted by atomic mass is 79.9. The summed E-state index contributed by atoms with van der Waals surface area (Å²) in [5.41, 5.74) is 3.41. The first-order valence-electron chi connectivity index (χ1n) is 11.2. The van der Waals surface area contributed by atoms with Gasteiger partial charge in [0.15, 0.2) is 0 Å². The summed E-state index contributed by atoms with van der Waals surface area (Å²) in [6.45, 7) is 4.94. The molecule has 0 fully saturated rings. The Labute approximate surface area is 216 Å². The molecule has 4 aromatic rings. The number of carbonyl (C=O) groups is 2. The van der Waals surface area contributed by atoms with Crippen LogP contribution in [0, 0.1) is 5.82 Å². The molecule has 3 aromatic heterocycles. The molecule has 8 nitrogen and oxygen atoms in total. The van der Waals surface area contributed by atoms with Crippen LogP contribution in [0.4, 0.5) is 15.0 Å². The number of nitrogens with one attached hydrogen (secondary N) is 2. The van der Waals surface area contributed by atoms with Gasteiger partial charge in [-0.2, -0.15) is 0 Å². The molecule has 0 spiro atoms. The van der Waals surface area contributed by atoms with E-state index in [1.807, 2.05) is 29.8 Å². The van der Waals surface area contributed by atoms with Crippen LogP contribution in [-0.2, 0) is 16.6 Å². The van der Waals surface area contributed by atoms with Crippen LogP contribution in [0.2, 0.25) is 0 Å². The number of nitrogens with zero attached hydrogens (tertiary/aromatic N) is 3. The van der Waals surface area contributed by atoms with Crippen LogP contribution in [0.1, 0.15) is 20.8 Å². The van der Waals surface area contributed by atoms with Gasteiger partial charge in [0.2, 0.25) is 5.91 Å². The highest BCUT2D eigenvalue weighted by Gasteiger charge is 2.22. The lowest BCUT2D eigenvalue weighted by Gasteiger charge is -2.19. The summed E-state index contributed by atoms with van der Waals surface area (Å²) < 4.78 is 21.3. The molecule has 2 N–H and O–H groups in total. The SMILES string of the molecule is Cn1c(-c2ccc(F)cc2)c(-c2ccncc2)c2cc(Br)c(NC(=O)CNC(=O)OC(C)(C)C)nc21. The van der Waals surface area contributed by atoms with Gasteiger partial charge in [0, 0.05) is 30.4 Å². The zero-order valence-corrected chi connectivity index (χ0v) is 21.8. The van der Waals surface area contributed by atoms with Gasteiger partial charge >= 0.3 is 6.09 Å². The van der Waals surface area contributed by atoms with E-state index >= 15 is 0 Å². The number of aryl methyl sites for hydroxylation is 1. The van der Waals surface area contributed by atoms with Crippen LogP contribution < -0.4 is 10.6 Å². The second kappa shape index (κ2) is 10.1. The number of alkyl carbamates (subject to hydrolysis) is 1. The van der Waals surface area contributed by atoms with E-state index in [2.05, 4.69) is 31.5 Å². The fourth-order valence-corrected chi connectivity index (χ4v) is 4.22. The van der Waals surface area contributed by atoms with Gasteiger partial charge in [-0.3, -0.25) is 9.78 Å². The zero-order chi connectivity index (χ0) is 26.0. The molecule has 1 aromatic carbocycles. The molecule has 0 aliphatic heterocycles. The Morgan fingerprint density at radius 1 is 1.08 bits per heavy atom. The summed E-state index contributed by atoms with van der Waals surface area (Å²) in [5, 5.41) is 5.99. The second-order valence-corrected chi connectivity index (χ2v) is 9.97. The first-order valence-corrected chi connectivity index (χ1v) is 11.9. The van der Waals surface area contributed by atoms with E-state index in [-0.39, 0.29) is 12.4 Å². The Morgan fingerprint density at radius 2 is 1.75 bits per heavy atom. The number of halogens is 2. The number of ether oxygens (including phenoxy) is 1.